The summed E-state index contributed by atoms with van der Waals surface area (Å²) >= 11 is 3.51. The number of aromatic nitrogens is 1. The van der Waals surface area contributed by atoms with E-state index in [9.17, 15) is 9.59 Å². The molecule has 1 aromatic heterocycles. The molecule has 36 heavy (non-hydrogen) atoms. The fraction of sp³-hybridized carbons (Fsp3) is 0.0667. The zero-order chi connectivity index (χ0) is 25.1. The second kappa shape index (κ2) is 10.2. The Morgan fingerprint density at radius 2 is 1.50 bits per heavy atom. The van der Waals surface area contributed by atoms with Crippen molar-refractivity contribution in [2.45, 2.75) is 6.54 Å². The predicted molar refractivity (Wildman–Crippen MR) is 145 cm³/mol. The molecule has 5 rings (SSSR count). The number of hydrogen-bond acceptors (Lipinski definition) is 4. The van der Waals surface area contributed by atoms with Gasteiger partial charge in [-0.05, 0) is 59.0 Å². The molecule has 0 N–H and O–H groups in total. The quantitative estimate of drug-likeness (QED) is 0.217. The molecular formula is C30H22BrNO4. The molecule has 0 atom stereocenters. The maximum atomic E-state index is 13.8. The molecule has 0 aliphatic rings. The second-order valence-corrected chi connectivity index (χ2v) is 9.14. The van der Waals surface area contributed by atoms with Crippen molar-refractivity contribution in [3.05, 3.63) is 129 Å². The fourth-order valence-corrected chi connectivity index (χ4v) is 4.65. The molecule has 178 valence electrons. The number of carbonyl (C=O) groups is 1. The number of fused-ring (bicyclic) bond motifs is 1. The summed E-state index contributed by atoms with van der Waals surface area (Å²) in [5.41, 5.74) is 2.21. The molecule has 0 spiro atoms. The fourth-order valence-electron chi connectivity index (χ4n) is 4.29. The van der Waals surface area contributed by atoms with Crippen LogP contribution in [0.3, 0.4) is 0 Å². The molecule has 6 heteroatoms. The van der Waals surface area contributed by atoms with Gasteiger partial charge in [0.05, 0.1) is 13.7 Å². The van der Waals surface area contributed by atoms with Gasteiger partial charge in [0.2, 0.25) is 0 Å². The van der Waals surface area contributed by atoms with E-state index in [4.69, 9.17) is 9.47 Å². The van der Waals surface area contributed by atoms with E-state index in [1.807, 2.05) is 97.1 Å². The molecule has 0 aliphatic carbocycles. The standard InChI is InChI=1S/C30H22BrNO4/c1-35-30(34)28-27(21-10-4-2-5-11-21)26-18-22(31)15-16-25(26)29(33)32(28)19-20-9-8-14-24(17-20)36-23-12-6-3-7-13-23/h2-18H,19H2,1H3. The summed E-state index contributed by atoms with van der Waals surface area (Å²) in [5.74, 6) is 0.772. The minimum Gasteiger partial charge on any atom is -0.464 e. The van der Waals surface area contributed by atoms with Crippen LogP contribution in [0.25, 0.3) is 21.9 Å². The molecule has 0 bridgehead atoms. The van der Waals surface area contributed by atoms with Crippen LogP contribution in [0.1, 0.15) is 16.1 Å². The van der Waals surface area contributed by atoms with E-state index in [2.05, 4.69) is 15.9 Å². The summed E-state index contributed by atoms with van der Waals surface area (Å²) in [4.78, 5) is 26.9. The number of ether oxygens (including phenoxy) is 2. The number of pyridine rings is 1. The minimum atomic E-state index is -0.579. The lowest BCUT2D eigenvalue weighted by molar-refractivity contribution is 0.0588. The van der Waals surface area contributed by atoms with E-state index >= 15 is 0 Å². The minimum absolute atomic E-state index is 0.168. The SMILES string of the molecule is COC(=O)c1c(-c2ccccc2)c2cc(Br)ccc2c(=O)n1Cc1cccc(Oc2ccccc2)c1. The van der Waals surface area contributed by atoms with Gasteiger partial charge in [-0.25, -0.2) is 4.79 Å². The van der Waals surface area contributed by atoms with Gasteiger partial charge in [0, 0.05) is 15.4 Å². The maximum absolute atomic E-state index is 13.8. The smallest absolute Gasteiger partial charge is 0.355 e. The average molecular weight is 540 g/mol. The Bertz CT molecular complexity index is 1610. The number of benzene rings is 4. The van der Waals surface area contributed by atoms with Crippen LogP contribution in [0.4, 0.5) is 0 Å². The number of esters is 1. The Morgan fingerprint density at radius 3 is 2.22 bits per heavy atom. The highest BCUT2D eigenvalue weighted by Crippen LogP contribution is 2.33. The lowest BCUT2D eigenvalue weighted by Gasteiger charge is -2.19. The van der Waals surface area contributed by atoms with Gasteiger partial charge in [-0.2, -0.15) is 0 Å². The van der Waals surface area contributed by atoms with Crippen LogP contribution < -0.4 is 10.3 Å². The zero-order valence-corrected chi connectivity index (χ0v) is 21.1. The molecular weight excluding hydrogens is 518 g/mol. The molecule has 0 radical (unpaired) electrons. The van der Waals surface area contributed by atoms with Gasteiger partial charge in [-0.15, -0.1) is 0 Å². The van der Waals surface area contributed by atoms with E-state index in [0.29, 0.717) is 27.8 Å². The Labute approximate surface area is 216 Å². The van der Waals surface area contributed by atoms with Gasteiger partial charge in [0.15, 0.2) is 0 Å². The van der Waals surface area contributed by atoms with E-state index in [1.54, 1.807) is 6.07 Å². The van der Waals surface area contributed by atoms with Crippen LogP contribution in [0.15, 0.2) is 112 Å². The highest BCUT2D eigenvalue weighted by Gasteiger charge is 2.24. The first-order chi connectivity index (χ1) is 17.5. The molecule has 0 amide bonds. The first-order valence-corrected chi connectivity index (χ1v) is 12.2. The maximum Gasteiger partial charge on any atom is 0.355 e. The number of rotatable bonds is 6. The molecule has 0 unspecified atom stereocenters. The third-order valence-corrected chi connectivity index (χ3v) is 6.39. The summed E-state index contributed by atoms with van der Waals surface area (Å²) in [6, 6.07) is 32.0. The summed E-state index contributed by atoms with van der Waals surface area (Å²) in [6.07, 6.45) is 0. The largest absolute Gasteiger partial charge is 0.464 e. The summed E-state index contributed by atoms with van der Waals surface area (Å²) in [6.45, 7) is 0.168. The number of halogens is 1. The topological polar surface area (TPSA) is 57.5 Å². The van der Waals surface area contributed by atoms with E-state index in [1.165, 1.54) is 11.7 Å². The van der Waals surface area contributed by atoms with Gasteiger partial charge < -0.3 is 9.47 Å². The molecule has 0 saturated heterocycles. The van der Waals surface area contributed by atoms with Crippen LogP contribution >= 0.6 is 15.9 Å². The van der Waals surface area contributed by atoms with Crippen molar-refractivity contribution in [2.75, 3.05) is 7.11 Å². The third kappa shape index (κ3) is 4.68. The predicted octanol–water partition coefficient (Wildman–Crippen LogP) is 7.06. The number of nitrogens with zero attached hydrogens (tertiary/aromatic N) is 1. The van der Waals surface area contributed by atoms with Crippen molar-refractivity contribution in [3.8, 4) is 22.6 Å². The first-order valence-electron chi connectivity index (χ1n) is 11.4. The Kier molecular flexibility index (Phi) is 6.69. The van der Waals surface area contributed by atoms with Gasteiger partial charge in [0.1, 0.15) is 17.2 Å². The highest BCUT2D eigenvalue weighted by molar-refractivity contribution is 9.10. The van der Waals surface area contributed by atoms with Gasteiger partial charge >= 0.3 is 5.97 Å². The van der Waals surface area contributed by atoms with Gasteiger partial charge in [0.25, 0.3) is 5.56 Å². The number of carbonyl (C=O) groups excluding carboxylic acids is 1. The van der Waals surface area contributed by atoms with E-state index in [-0.39, 0.29) is 17.8 Å². The van der Waals surface area contributed by atoms with Gasteiger partial charge in [-0.1, -0.05) is 76.6 Å². The van der Waals surface area contributed by atoms with E-state index in [0.717, 1.165) is 15.6 Å². The molecule has 5 aromatic rings. The molecule has 0 fully saturated rings. The van der Waals surface area contributed by atoms with Crippen LogP contribution in [-0.2, 0) is 11.3 Å². The number of para-hydroxylation sites is 1. The molecule has 5 nitrogen and oxygen atoms in total. The summed E-state index contributed by atoms with van der Waals surface area (Å²) in [5, 5.41) is 1.19. The number of methoxy groups -OCH3 is 1. The van der Waals surface area contributed by atoms with Crippen LogP contribution in [-0.4, -0.2) is 17.6 Å². The molecule has 0 saturated carbocycles. The van der Waals surface area contributed by atoms with Crippen molar-refractivity contribution in [3.63, 3.8) is 0 Å². The Morgan fingerprint density at radius 1 is 0.806 bits per heavy atom. The normalized spacial score (nSPS) is 10.8. The van der Waals surface area contributed by atoms with Crippen molar-refractivity contribution in [1.82, 2.24) is 4.57 Å². The molecule has 4 aromatic carbocycles. The Hall–Kier alpha value is -4.16. The average Bonchev–Trinajstić information content (AvgIpc) is 2.91. The number of hydrogen-bond donors (Lipinski definition) is 0. The van der Waals surface area contributed by atoms with Crippen LogP contribution in [0.5, 0.6) is 11.5 Å². The second-order valence-electron chi connectivity index (χ2n) is 8.22. The summed E-state index contributed by atoms with van der Waals surface area (Å²) in [7, 11) is 1.32. The molecule has 1 heterocycles. The lowest BCUT2D eigenvalue weighted by atomic mass is 9.96. The third-order valence-electron chi connectivity index (χ3n) is 5.89. The summed E-state index contributed by atoms with van der Waals surface area (Å²) < 4.78 is 13.5. The zero-order valence-electron chi connectivity index (χ0n) is 19.5. The molecule has 0 aliphatic heterocycles. The van der Waals surface area contributed by atoms with Crippen molar-refractivity contribution < 1.29 is 14.3 Å². The monoisotopic (exact) mass is 539 g/mol. The van der Waals surface area contributed by atoms with Crippen LogP contribution in [0.2, 0.25) is 0 Å². The Balaban J connectivity index is 1.70. The van der Waals surface area contributed by atoms with Crippen molar-refractivity contribution >= 4 is 32.7 Å². The van der Waals surface area contributed by atoms with Crippen LogP contribution in [0, 0.1) is 0 Å². The van der Waals surface area contributed by atoms with Crippen molar-refractivity contribution in [1.29, 1.82) is 0 Å². The van der Waals surface area contributed by atoms with Crippen molar-refractivity contribution in [2.24, 2.45) is 0 Å². The van der Waals surface area contributed by atoms with Gasteiger partial charge in [-0.3, -0.25) is 9.36 Å². The first kappa shape index (κ1) is 23.6. The lowest BCUT2D eigenvalue weighted by Crippen LogP contribution is -2.28. The van der Waals surface area contributed by atoms with E-state index < -0.39 is 5.97 Å². The highest BCUT2D eigenvalue weighted by atomic mass is 79.9.